The van der Waals surface area contributed by atoms with Gasteiger partial charge in [-0.05, 0) is 18.2 Å². The number of H-pyrrole nitrogens is 1. The molecule has 2 N–H and O–H groups in total. The van der Waals surface area contributed by atoms with Gasteiger partial charge in [-0.3, -0.25) is 9.52 Å². The van der Waals surface area contributed by atoms with E-state index in [2.05, 4.69) is 9.71 Å². The number of sulfonamides is 1. The third kappa shape index (κ3) is 4.30. The Hall–Kier alpha value is -2.99. The second-order valence-corrected chi connectivity index (χ2v) is 7.39. The molecule has 2 aromatic rings. The summed E-state index contributed by atoms with van der Waals surface area (Å²) in [4.78, 5) is 17.0. The van der Waals surface area contributed by atoms with E-state index in [-0.39, 0.29) is 17.0 Å². The molecule has 9 heteroatoms. The van der Waals surface area contributed by atoms with Crippen molar-refractivity contribution in [1.82, 2.24) is 9.88 Å². The fraction of sp³-hybridized carbons (Fsp3) is 0.250. The Labute approximate surface area is 145 Å². The van der Waals surface area contributed by atoms with Gasteiger partial charge >= 0.3 is 0 Å². The number of ether oxygens (including phenoxy) is 1. The smallest absolute Gasteiger partial charge is 0.229 e. The standard InChI is InChI=1S/C16H18N4O4S/c1-20(2)9-11(8-17)16(21)14-5-10-6-15(24-3)13(7-12(10)18-14)19-25(4,22)23/h5-7,9,18-19H,1-4H3. The first kappa shape index (κ1) is 18.4. The predicted molar refractivity (Wildman–Crippen MR) is 95.0 cm³/mol. The number of carbonyl (C=O) groups is 1. The lowest BCUT2D eigenvalue weighted by Gasteiger charge is -2.09. The molecule has 2 rings (SSSR count). The van der Waals surface area contributed by atoms with Crippen LogP contribution in [-0.2, 0) is 10.0 Å². The molecule has 0 aliphatic heterocycles. The SMILES string of the molecule is COc1cc2cc(C(=O)C(C#N)=CN(C)C)[nH]c2cc1NS(C)(=O)=O. The van der Waals surface area contributed by atoms with Crippen LogP contribution in [-0.4, -0.2) is 51.5 Å². The summed E-state index contributed by atoms with van der Waals surface area (Å²) in [6, 6.07) is 6.61. The maximum absolute atomic E-state index is 12.5. The third-order valence-corrected chi connectivity index (χ3v) is 3.82. The van der Waals surface area contributed by atoms with Crippen LogP contribution in [0.15, 0.2) is 30.0 Å². The Morgan fingerprint density at radius 3 is 2.56 bits per heavy atom. The van der Waals surface area contributed by atoms with Crippen molar-refractivity contribution in [3.05, 3.63) is 35.7 Å². The number of nitrogens with zero attached hydrogens (tertiary/aromatic N) is 2. The van der Waals surface area contributed by atoms with Crippen molar-refractivity contribution in [3.8, 4) is 11.8 Å². The number of carbonyl (C=O) groups excluding carboxylic acids is 1. The molecule has 0 spiro atoms. The summed E-state index contributed by atoms with van der Waals surface area (Å²) in [5.41, 5.74) is 1.00. The number of aromatic amines is 1. The highest BCUT2D eigenvalue weighted by atomic mass is 32.2. The lowest BCUT2D eigenvalue weighted by Crippen LogP contribution is -2.10. The molecule has 0 saturated carbocycles. The normalized spacial score (nSPS) is 11.9. The quantitative estimate of drug-likeness (QED) is 0.459. The average Bonchev–Trinajstić information content (AvgIpc) is 2.92. The molecule has 0 aliphatic carbocycles. The lowest BCUT2D eigenvalue weighted by molar-refractivity contribution is 0.103. The van der Waals surface area contributed by atoms with Crippen LogP contribution in [0, 0.1) is 11.3 Å². The summed E-state index contributed by atoms with van der Waals surface area (Å²) in [5, 5.41) is 9.81. The zero-order valence-electron chi connectivity index (χ0n) is 14.2. The monoisotopic (exact) mass is 362 g/mol. The molecule has 0 fully saturated rings. The van der Waals surface area contributed by atoms with Crippen molar-refractivity contribution >= 4 is 32.4 Å². The Morgan fingerprint density at radius 1 is 1.36 bits per heavy atom. The summed E-state index contributed by atoms with van der Waals surface area (Å²) in [6.45, 7) is 0. The molecular formula is C16H18N4O4S. The minimum absolute atomic E-state index is 0.0157. The number of ketones is 1. The van der Waals surface area contributed by atoms with Gasteiger partial charge in [-0.1, -0.05) is 0 Å². The number of aromatic nitrogens is 1. The van der Waals surface area contributed by atoms with Gasteiger partial charge in [0.1, 0.15) is 17.4 Å². The number of nitrogens with one attached hydrogen (secondary N) is 2. The maximum Gasteiger partial charge on any atom is 0.229 e. The number of allylic oxidation sites excluding steroid dienone is 1. The molecular weight excluding hydrogens is 344 g/mol. The van der Waals surface area contributed by atoms with E-state index < -0.39 is 15.8 Å². The van der Waals surface area contributed by atoms with Crippen molar-refractivity contribution in [3.63, 3.8) is 0 Å². The number of hydrogen-bond acceptors (Lipinski definition) is 6. The van der Waals surface area contributed by atoms with Crippen LogP contribution in [0.25, 0.3) is 10.9 Å². The molecule has 1 aromatic heterocycles. The summed E-state index contributed by atoms with van der Waals surface area (Å²) >= 11 is 0. The highest BCUT2D eigenvalue weighted by molar-refractivity contribution is 7.92. The summed E-state index contributed by atoms with van der Waals surface area (Å²) in [7, 11) is 1.35. The minimum Gasteiger partial charge on any atom is -0.495 e. The van der Waals surface area contributed by atoms with Gasteiger partial charge in [0.25, 0.3) is 0 Å². The Bertz CT molecular complexity index is 997. The van der Waals surface area contributed by atoms with E-state index in [1.807, 2.05) is 6.07 Å². The van der Waals surface area contributed by atoms with Crippen LogP contribution in [0.3, 0.4) is 0 Å². The molecule has 0 atom stereocenters. The lowest BCUT2D eigenvalue weighted by atomic mass is 10.1. The molecule has 0 bridgehead atoms. The molecule has 0 aliphatic rings. The van der Waals surface area contributed by atoms with Gasteiger partial charge in [0, 0.05) is 31.2 Å². The summed E-state index contributed by atoms with van der Waals surface area (Å²) in [5.74, 6) is -0.135. The molecule has 25 heavy (non-hydrogen) atoms. The van der Waals surface area contributed by atoms with E-state index in [1.165, 1.54) is 19.4 Å². The van der Waals surface area contributed by atoms with Crippen LogP contribution in [0.4, 0.5) is 5.69 Å². The summed E-state index contributed by atoms with van der Waals surface area (Å²) < 4.78 is 30.5. The Morgan fingerprint density at radius 2 is 2.04 bits per heavy atom. The Balaban J connectivity index is 2.53. The van der Waals surface area contributed by atoms with E-state index in [0.29, 0.717) is 16.7 Å². The minimum atomic E-state index is -3.49. The van der Waals surface area contributed by atoms with Crippen LogP contribution < -0.4 is 9.46 Å². The fourth-order valence-electron chi connectivity index (χ4n) is 2.27. The molecule has 0 amide bonds. The zero-order chi connectivity index (χ0) is 18.8. The molecule has 1 aromatic carbocycles. The van der Waals surface area contributed by atoms with Gasteiger partial charge in [0.15, 0.2) is 0 Å². The van der Waals surface area contributed by atoms with E-state index in [9.17, 15) is 13.2 Å². The Kier molecular flexibility index (Phi) is 5.04. The van der Waals surface area contributed by atoms with Crippen molar-refractivity contribution in [2.24, 2.45) is 0 Å². The first-order chi connectivity index (χ1) is 11.6. The van der Waals surface area contributed by atoms with Crippen molar-refractivity contribution in [2.45, 2.75) is 0 Å². The molecule has 1 heterocycles. The number of methoxy groups -OCH3 is 1. The van der Waals surface area contributed by atoms with Crippen LogP contribution in [0.1, 0.15) is 10.5 Å². The molecule has 8 nitrogen and oxygen atoms in total. The topological polar surface area (TPSA) is 115 Å². The highest BCUT2D eigenvalue weighted by Gasteiger charge is 2.17. The molecule has 0 radical (unpaired) electrons. The van der Waals surface area contributed by atoms with Gasteiger partial charge in [-0.25, -0.2) is 8.42 Å². The summed E-state index contributed by atoms with van der Waals surface area (Å²) in [6.07, 6.45) is 2.47. The van der Waals surface area contributed by atoms with Gasteiger partial charge in [0.2, 0.25) is 15.8 Å². The number of fused-ring (bicyclic) bond motifs is 1. The largest absolute Gasteiger partial charge is 0.495 e. The van der Waals surface area contributed by atoms with Gasteiger partial charge < -0.3 is 14.6 Å². The van der Waals surface area contributed by atoms with Crippen LogP contribution >= 0.6 is 0 Å². The molecule has 132 valence electrons. The van der Waals surface area contributed by atoms with Crippen molar-refractivity contribution in [2.75, 3.05) is 32.2 Å². The van der Waals surface area contributed by atoms with Crippen LogP contribution in [0.5, 0.6) is 5.75 Å². The maximum atomic E-state index is 12.5. The molecule has 0 saturated heterocycles. The van der Waals surface area contributed by atoms with Gasteiger partial charge in [0.05, 0.1) is 24.7 Å². The van der Waals surface area contributed by atoms with E-state index >= 15 is 0 Å². The van der Waals surface area contributed by atoms with Crippen molar-refractivity contribution in [1.29, 1.82) is 5.26 Å². The van der Waals surface area contributed by atoms with Crippen LogP contribution in [0.2, 0.25) is 0 Å². The molecule has 0 unspecified atom stereocenters. The predicted octanol–water partition coefficient (Wildman–Crippen LogP) is 1.70. The fourth-order valence-corrected chi connectivity index (χ4v) is 2.83. The zero-order valence-corrected chi connectivity index (χ0v) is 15.1. The number of Topliss-reactive ketones (excluding diaryl/α,β-unsaturated/α-hetero) is 1. The second kappa shape index (κ2) is 6.86. The number of rotatable bonds is 6. The first-order valence-corrected chi connectivity index (χ1v) is 9.05. The highest BCUT2D eigenvalue weighted by Crippen LogP contribution is 2.31. The second-order valence-electron chi connectivity index (χ2n) is 5.64. The van der Waals surface area contributed by atoms with E-state index in [1.54, 1.807) is 31.1 Å². The number of benzene rings is 1. The van der Waals surface area contributed by atoms with E-state index in [4.69, 9.17) is 10.00 Å². The average molecular weight is 362 g/mol. The van der Waals surface area contributed by atoms with E-state index in [0.717, 1.165) is 6.26 Å². The van der Waals surface area contributed by atoms with Gasteiger partial charge in [-0.15, -0.1) is 0 Å². The first-order valence-electron chi connectivity index (χ1n) is 7.16. The van der Waals surface area contributed by atoms with Crippen molar-refractivity contribution < 1.29 is 17.9 Å². The number of hydrogen-bond donors (Lipinski definition) is 2. The number of nitriles is 1. The van der Waals surface area contributed by atoms with Gasteiger partial charge in [-0.2, -0.15) is 5.26 Å². The third-order valence-electron chi connectivity index (χ3n) is 3.23. The number of anilines is 1.